The number of carbonyl (C=O) groups is 1. The van der Waals surface area contributed by atoms with E-state index in [1.807, 2.05) is 53.5 Å². The van der Waals surface area contributed by atoms with Gasteiger partial charge in [0.2, 0.25) is 0 Å². The molecule has 0 saturated heterocycles. The number of thiazole rings is 1. The first-order valence-corrected chi connectivity index (χ1v) is 9.94. The molecule has 0 saturated carbocycles. The standard InChI is InChI=1S/C20H19N5O3S/c1-3-25-10-14(9-21-25)17-12-29-20(22-17)23-19(26)18-16(13(2)28-24-18)11-27-15-7-5-4-6-8-15/h4-10,12H,3,11H2,1-2H3,(H,22,23,26). The van der Waals surface area contributed by atoms with Crippen molar-refractivity contribution < 1.29 is 14.1 Å². The lowest BCUT2D eigenvalue weighted by Gasteiger charge is -2.06. The third kappa shape index (κ3) is 4.19. The Labute approximate surface area is 171 Å². The lowest BCUT2D eigenvalue weighted by atomic mass is 10.2. The molecule has 3 aromatic heterocycles. The van der Waals surface area contributed by atoms with Gasteiger partial charge < -0.3 is 9.26 Å². The summed E-state index contributed by atoms with van der Waals surface area (Å²) in [4.78, 5) is 17.2. The highest BCUT2D eigenvalue weighted by molar-refractivity contribution is 7.14. The Morgan fingerprint density at radius 2 is 2.14 bits per heavy atom. The first kappa shape index (κ1) is 18.9. The molecule has 1 aromatic carbocycles. The number of hydrogen-bond donors (Lipinski definition) is 1. The molecule has 29 heavy (non-hydrogen) atoms. The molecule has 1 amide bonds. The van der Waals surface area contributed by atoms with Crippen LogP contribution in [0.3, 0.4) is 0 Å². The Balaban J connectivity index is 1.46. The molecular formula is C20H19N5O3S. The third-order valence-electron chi connectivity index (χ3n) is 4.30. The van der Waals surface area contributed by atoms with Crippen molar-refractivity contribution in [1.82, 2.24) is 19.9 Å². The van der Waals surface area contributed by atoms with Crippen molar-refractivity contribution in [3.63, 3.8) is 0 Å². The summed E-state index contributed by atoms with van der Waals surface area (Å²) in [5, 5.41) is 13.3. The van der Waals surface area contributed by atoms with Crippen LogP contribution < -0.4 is 10.1 Å². The van der Waals surface area contributed by atoms with Crippen LogP contribution in [0.5, 0.6) is 5.75 Å². The number of amides is 1. The van der Waals surface area contributed by atoms with Gasteiger partial charge in [-0.25, -0.2) is 4.98 Å². The minimum Gasteiger partial charge on any atom is -0.489 e. The van der Waals surface area contributed by atoms with E-state index in [2.05, 4.69) is 20.6 Å². The zero-order chi connectivity index (χ0) is 20.2. The Morgan fingerprint density at radius 1 is 1.31 bits per heavy atom. The van der Waals surface area contributed by atoms with E-state index in [9.17, 15) is 4.79 Å². The minimum atomic E-state index is -0.390. The van der Waals surface area contributed by atoms with Crippen LogP contribution in [0.4, 0.5) is 5.13 Å². The van der Waals surface area contributed by atoms with Crippen LogP contribution in [0.1, 0.15) is 28.7 Å². The number of rotatable bonds is 7. The smallest absolute Gasteiger partial charge is 0.280 e. The molecule has 0 unspecified atom stereocenters. The minimum absolute atomic E-state index is 0.182. The Hall–Kier alpha value is -3.46. The Kier molecular flexibility index (Phi) is 5.39. The van der Waals surface area contributed by atoms with Crippen LogP contribution in [0, 0.1) is 6.92 Å². The van der Waals surface area contributed by atoms with E-state index >= 15 is 0 Å². The molecule has 3 heterocycles. The van der Waals surface area contributed by atoms with E-state index < -0.39 is 5.91 Å². The second-order valence-electron chi connectivity index (χ2n) is 6.24. The monoisotopic (exact) mass is 409 g/mol. The first-order chi connectivity index (χ1) is 14.1. The number of carbonyl (C=O) groups excluding carboxylic acids is 1. The van der Waals surface area contributed by atoms with Gasteiger partial charge in [-0.3, -0.25) is 14.8 Å². The average Bonchev–Trinajstić information content (AvgIpc) is 3.47. The van der Waals surface area contributed by atoms with Crippen molar-refractivity contribution in [1.29, 1.82) is 0 Å². The molecule has 1 N–H and O–H groups in total. The van der Waals surface area contributed by atoms with Gasteiger partial charge in [0.05, 0.1) is 17.5 Å². The molecular weight excluding hydrogens is 390 g/mol. The van der Waals surface area contributed by atoms with Gasteiger partial charge in [-0.2, -0.15) is 5.10 Å². The van der Waals surface area contributed by atoms with Gasteiger partial charge in [-0.15, -0.1) is 11.3 Å². The van der Waals surface area contributed by atoms with Gasteiger partial charge in [0.1, 0.15) is 18.1 Å². The van der Waals surface area contributed by atoms with Crippen molar-refractivity contribution in [2.24, 2.45) is 0 Å². The maximum absolute atomic E-state index is 12.7. The summed E-state index contributed by atoms with van der Waals surface area (Å²) in [5.74, 6) is 0.855. The summed E-state index contributed by atoms with van der Waals surface area (Å²) in [6, 6.07) is 9.37. The molecule has 0 aliphatic carbocycles. The zero-order valence-corrected chi connectivity index (χ0v) is 16.8. The maximum atomic E-state index is 12.7. The van der Waals surface area contributed by atoms with Gasteiger partial charge in [-0.1, -0.05) is 23.4 Å². The average molecular weight is 409 g/mol. The lowest BCUT2D eigenvalue weighted by Crippen LogP contribution is -2.15. The molecule has 0 fully saturated rings. The second-order valence-corrected chi connectivity index (χ2v) is 7.10. The Morgan fingerprint density at radius 3 is 2.90 bits per heavy atom. The van der Waals surface area contributed by atoms with E-state index in [-0.39, 0.29) is 12.3 Å². The molecule has 0 radical (unpaired) electrons. The quantitative estimate of drug-likeness (QED) is 0.493. The normalized spacial score (nSPS) is 10.8. The number of aromatic nitrogens is 4. The fourth-order valence-electron chi connectivity index (χ4n) is 2.70. The van der Waals surface area contributed by atoms with Gasteiger partial charge >= 0.3 is 0 Å². The molecule has 0 aliphatic heterocycles. The van der Waals surface area contributed by atoms with Crippen LogP contribution in [0.2, 0.25) is 0 Å². The van der Waals surface area contributed by atoms with Gasteiger partial charge in [0.15, 0.2) is 10.8 Å². The fourth-order valence-corrected chi connectivity index (χ4v) is 3.42. The van der Waals surface area contributed by atoms with Crippen molar-refractivity contribution in [3.8, 4) is 17.0 Å². The summed E-state index contributed by atoms with van der Waals surface area (Å²) in [6.07, 6.45) is 3.67. The SMILES string of the molecule is CCn1cc(-c2csc(NC(=O)c3noc(C)c3COc3ccccc3)n2)cn1. The number of aryl methyl sites for hydroxylation is 2. The van der Waals surface area contributed by atoms with Crippen molar-refractivity contribution in [3.05, 3.63) is 65.1 Å². The van der Waals surface area contributed by atoms with E-state index in [0.717, 1.165) is 17.8 Å². The molecule has 8 nitrogen and oxygen atoms in total. The molecule has 4 aromatic rings. The fraction of sp³-hybridized carbons (Fsp3) is 0.200. The third-order valence-corrected chi connectivity index (χ3v) is 5.06. The van der Waals surface area contributed by atoms with Gasteiger partial charge in [0.25, 0.3) is 5.91 Å². The summed E-state index contributed by atoms with van der Waals surface area (Å²) >= 11 is 1.34. The van der Waals surface area contributed by atoms with Crippen molar-refractivity contribution in [2.45, 2.75) is 27.0 Å². The Bertz CT molecular complexity index is 1120. The number of para-hydroxylation sites is 1. The summed E-state index contributed by atoms with van der Waals surface area (Å²) in [5.41, 5.74) is 2.45. The molecule has 0 spiro atoms. The molecule has 9 heteroatoms. The highest BCUT2D eigenvalue weighted by Gasteiger charge is 2.21. The predicted molar refractivity (Wildman–Crippen MR) is 109 cm³/mol. The van der Waals surface area contributed by atoms with Crippen LogP contribution in [0.15, 0.2) is 52.6 Å². The van der Waals surface area contributed by atoms with E-state index in [0.29, 0.717) is 22.2 Å². The highest BCUT2D eigenvalue weighted by Crippen LogP contribution is 2.25. The topological polar surface area (TPSA) is 95.1 Å². The first-order valence-electron chi connectivity index (χ1n) is 9.06. The van der Waals surface area contributed by atoms with Crippen LogP contribution in [0.25, 0.3) is 11.3 Å². The maximum Gasteiger partial charge on any atom is 0.280 e. The lowest BCUT2D eigenvalue weighted by molar-refractivity contribution is 0.101. The molecule has 0 aliphatic rings. The van der Waals surface area contributed by atoms with Crippen LogP contribution >= 0.6 is 11.3 Å². The van der Waals surface area contributed by atoms with Gasteiger partial charge in [0, 0.05) is 23.7 Å². The number of nitrogens with zero attached hydrogens (tertiary/aromatic N) is 4. The van der Waals surface area contributed by atoms with E-state index in [1.54, 1.807) is 13.1 Å². The number of ether oxygens (including phenoxy) is 1. The van der Waals surface area contributed by atoms with Crippen LogP contribution in [-0.2, 0) is 13.2 Å². The summed E-state index contributed by atoms with van der Waals surface area (Å²) in [6.45, 7) is 4.73. The summed E-state index contributed by atoms with van der Waals surface area (Å²) < 4.78 is 12.8. The molecule has 4 rings (SSSR count). The largest absolute Gasteiger partial charge is 0.489 e. The predicted octanol–water partition coefficient (Wildman–Crippen LogP) is 4.15. The second kappa shape index (κ2) is 8.27. The number of hydrogen-bond acceptors (Lipinski definition) is 7. The molecule has 0 atom stereocenters. The van der Waals surface area contributed by atoms with Gasteiger partial charge in [-0.05, 0) is 26.0 Å². The zero-order valence-electron chi connectivity index (χ0n) is 16.0. The van der Waals surface area contributed by atoms with Crippen molar-refractivity contribution in [2.75, 3.05) is 5.32 Å². The number of benzene rings is 1. The summed E-state index contributed by atoms with van der Waals surface area (Å²) in [7, 11) is 0. The number of anilines is 1. The van der Waals surface area contributed by atoms with E-state index in [4.69, 9.17) is 9.26 Å². The van der Waals surface area contributed by atoms with Crippen LogP contribution in [-0.4, -0.2) is 25.8 Å². The molecule has 148 valence electrons. The number of nitrogens with one attached hydrogen (secondary N) is 1. The molecule has 0 bridgehead atoms. The van der Waals surface area contributed by atoms with E-state index in [1.165, 1.54) is 11.3 Å². The highest BCUT2D eigenvalue weighted by atomic mass is 32.1. The van der Waals surface area contributed by atoms with Crippen molar-refractivity contribution >= 4 is 22.4 Å².